The van der Waals surface area contributed by atoms with Gasteiger partial charge in [0.15, 0.2) is 0 Å². The number of benzene rings is 1. The molecule has 1 atom stereocenters. The average Bonchev–Trinajstić information content (AvgIpc) is 2.41. The Morgan fingerprint density at radius 3 is 2.70 bits per heavy atom. The summed E-state index contributed by atoms with van der Waals surface area (Å²) in [5.41, 5.74) is 1.32. The molecule has 0 amide bonds. The van der Waals surface area contributed by atoms with Crippen LogP contribution in [0.1, 0.15) is 44.6 Å². The molecule has 112 valence electrons. The van der Waals surface area contributed by atoms with Crippen molar-refractivity contribution in [2.45, 2.75) is 51.1 Å². The van der Waals surface area contributed by atoms with Crippen molar-refractivity contribution in [2.75, 3.05) is 20.1 Å². The molecule has 0 aliphatic heterocycles. The van der Waals surface area contributed by atoms with Gasteiger partial charge in [0.1, 0.15) is 0 Å². The van der Waals surface area contributed by atoms with Gasteiger partial charge >= 0.3 is 0 Å². The second-order valence-corrected chi connectivity index (χ2v) is 6.49. The summed E-state index contributed by atoms with van der Waals surface area (Å²) in [5.74, 6) is 0.647. The second-order valence-electron chi connectivity index (χ2n) is 6.08. The Hall–Kier alpha value is -0.570. The van der Waals surface area contributed by atoms with Gasteiger partial charge in [-0.15, -0.1) is 0 Å². The highest BCUT2D eigenvalue weighted by atomic mass is 35.5. The van der Waals surface area contributed by atoms with E-state index >= 15 is 0 Å². The third kappa shape index (κ3) is 3.97. The lowest BCUT2D eigenvalue weighted by Crippen LogP contribution is -2.44. The smallest absolute Gasteiger partial charge is 0.0440 e. The molecular weight excluding hydrogens is 268 g/mol. The highest BCUT2D eigenvalue weighted by molar-refractivity contribution is 6.31. The fourth-order valence-electron chi connectivity index (χ4n) is 2.82. The molecule has 2 nitrogen and oxygen atoms in total. The van der Waals surface area contributed by atoms with Crippen molar-refractivity contribution in [3.05, 3.63) is 34.9 Å². The van der Waals surface area contributed by atoms with E-state index in [2.05, 4.69) is 43.2 Å². The molecule has 0 bridgehead atoms. The summed E-state index contributed by atoms with van der Waals surface area (Å²) in [4.78, 5) is 2.43. The van der Waals surface area contributed by atoms with Gasteiger partial charge in [-0.3, -0.25) is 0 Å². The van der Waals surface area contributed by atoms with Crippen molar-refractivity contribution in [1.29, 1.82) is 0 Å². The third-order valence-corrected chi connectivity index (χ3v) is 5.07. The SMILES string of the molecule is CCC(C)N(C)CCNC1CC(c2ccccc2Cl)C1. The molecule has 0 spiro atoms. The third-order valence-electron chi connectivity index (χ3n) is 4.72. The second kappa shape index (κ2) is 7.44. The van der Waals surface area contributed by atoms with E-state index in [0.717, 1.165) is 18.1 Å². The van der Waals surface area contributed by atoms with Gasteiger partial charge in [-0.25, -0.2) is 0 Å². The largest absolute Gasteiger partial charge is 0.313 e. The molecule has 1 fully saturated rings. The standard InChI is InChI=1S/C17H27ClN2/c1-4-13(2)20(3)10-9-19-15-11-14(12-15)16-7-5-6-8-17(16)18/h5-8,13-15,19H,4,9-12H2,1-3H3. The number of halogens is 1. The maximum absolute atomic E-state index is 6.25. The molecule has 1 unspecified atom stereocenters. The van der Waals surface area contributed by atoms with E-state index in [4.69, 9.17) is 11.6 Å². The van der Waals surface area contributed by atoms with Crippen molar-refractivity contribution in [3.8, 4) is 0 Å². The predicted molar refractivity (Wildman–Crippen MR) is 87.6 cm³/mol. The Balaban J connectivity index is 1.66. The minimum absolute atomic E-state index is 0.647. The van der Waals surface area contributed by atoms with E-state index in [9.17, 15) is 0 Å². The maximum atomic E-state index is 6.25. The normalized spacial score (nSPS) is 23.6. The first kappa shape index (κ1) is 15.8. The van der Waals surface area contributed by atoms with E-state index in [1.54, 1.807) is 0 Å². The quantitative estimate of drug-likeness (QED) is 0.820. The predicted octanol–water partition coefficient (Wildman–Crippen LogP) is 3.91. The number of likely N-dealkylation sites (N-methyl/N-ethyl adjacent to an activating group) is 1. The Bertz CT molecular complexity index is 415. The molecule has 0 heterocycles. The van der Waals surface area contributed by atoms with Crippen molar-refractivity contribution in [1.82, 2.24) is 10.2 Å². The van der Waals surface area contributed by atoms with E-state index in [1.807, 2.05) is 12.1 Å². The number of hydrogen-bond acceptors (Lipinski definition) is 2. The lowest BCUT2D eigenvalue weighted by molar-refractivity contribution is 0.230. The molecule has 3 heteroatoms. The van der Waals surface area contributed by atoms with Gasteiger partial charge in [0.05, 0.1) is 0 Å². The summed E-state index contributed by atoms with van der Waals surface area (Å²) >= 11 is 6.25. The Morgan fingerprint density at radius 1 is 1.35 bits per heavy atom. The highest BCUT2D eigenvalue weighted by Crippen LogP contribution is 2.39. The molecule has 20 heavy (non-hydrogen) atoms. The monoisotopic (exact) mass is 294 g/mol. The zero-order chi connectivity index (χ0) is 14.5. The van der Waals surface area contributed by atoms with Crippen LogP contribution in [-0.4, -0.2) is 37.1 Å². The van der Waals surface area contributed by atoms with Gasteiger partial charge in [-0.1, -0.05) is 36.7 Å². The average molecular weight is 295 g/mol. The van der Waals surface area contributed by atoms with Crippen LogP contribution >= 0.6 is 11.6 Å². The first-order valence-corrected chi connectivity index (χ1v) is 8.17. The van der Waals surface area contributed by atoms with Crippen LogP contribution in [0.2, 0.25) is 5.02 Å². The molecule has 2 rings (SSSR count). The zero-order valence-corrected chi connectivity index (χ0v) is 13.7. The van der Waals surface area contributed by atoms with Gasteiger partial charge in [0.25, 0.3) is 0 Å². The molecule has 1 saturated carbocycles. The van der Waals surface area contributed by atoms with Crippen LogP contribution in [0.25, 0.3) is 0 Å². The van der Waals surface area contributed by atoms with Crippen LogP contribution in [0, 0.1) is 0 Å². The van der Waals surface area contributed by atoms with Crippen LogP contribution in [0.3, 0.4) is 0 Å². The molecule has 0 saturated heterocycles. The van der Waals surface area contributed by atoms with Crippen LogP contribution in [-0.2, 0) is 0 Å². The van der Waals surface area contributed by atoms with E-state index in [1.165, 1.54) is 24.8 Å². The molecule has 1 aromatic carbocycles. The van der Waals surface area contributed by atoms with Gasteiger partial charge in [-0.2, -0.15) is 0 Å². The summed E-state index contributed by atoms with van der Waals surface area (Å²) in [6, 6.07) is 9.60. The summed E-state index contributed by atoms with van der Waals surface area (Å²) in [7, 11) is 2.21. The summed E-state index contributed by atoms with van der Waals surface area (Å²) in [6.07, 6.45) is 3.65. The van der Waals surface area contributed by atoms with Gasteiger partial charge in [-0.05, 0) is 50.8 Å². The van der Waals surface area contributed by atoms with Crippen molar-refractivity contribution >= 4 is 11.6 Å². The van der Waals surface area contributed by atoms with Crippen LogP contribution < -0.4 is 5.32 Å². The molecule has 0 aromatic heterocycles. The molecular formula is C17H27ClN2. The Labute approximate surface area is 128 Å². The fraction of sp³-hybridized carbons (Fsp3) is 0.647. The van der Waals surface area contributed by atoms with Gasteiger partial charge in [0.2, 0.25) is 0 Å². The van der Waals surface area contributed by atoms with E-state index in [0.29, 0.717) is 18.0 Å². The molecule has 1 aliphatic rings. The zero-order valence-electron chi connectivity index (χ0n) is 12.9. The Morgan fingerprint density at radius 2 is 2.05 bits per heavy atom. The Kier molecular flexibility index (Phi) is 5.88. The lowest BCUT2D eigenvalue weighted by Gasteiger charge is -2.37. The van der Waals surface area contributed by atoms with Crippen molar-refractivity contribution in [3.63, 3.8) is 0 Å². The van der Waals surface area contributed by atoms with Crippen molar-refractivity contribution in [2.24, 2.45) is 0 Å². The first-order chi connectivity index (χ1) is 9.61. The van der Waals surface area contributed by atoms with Crippen LogP contribution in [0.5, 0.6) is 0 Å². The van der Waals surface area contributed by atoms with E-state index < -0.39 is 0 Å². The number of hydrogen-bond donors (Lipinski definition) is 1. The van der Waals surface area contributed by atoms with Crippen LogP contribution in [0.4, 0.5) is 0 Å². The van der Waals surface area contributed by atoms with Crippen molar-refractivity contribution < 1.29 is 0 Å². The maximum Gasteiger partial charge on any atom is 0.0440 e. The number of nitrogens with zero attached hydrogens (tertiary/aromatic N) is 1. The molecule has 1 aliphatic carbocycles. The number of nitrogens with one attached hydrogen (secondary N) is 1. The lowest BCUT2D eigenvalue weighted by atomic mass is 9.76. The topological polar surface area (TPSA) is 15.3 Å². The van der Waals surface area contributed by atoms with Crippen LogP contribution in [0.15, 0.2) is 24.3 Å². The van der Waals surface area contributed by atoms with Gasteiger partial charge in [0, 0.05) is 30.2 Å². The number of rotatable bonds is 7. The highest BCUT2D eigenvalue weighted by Gasteiger charge is 2.30. The molecule has 1 N–H and O–H groups in total. The minimum atomic E-state index is 0.647. The van der Waals surface area contributed by atoms with E-state index in [-0.39, 0.29) is 0 Å². The minimum Gasteiger partial charge on any atom is -0.313 e. The van der Waals surface area contributed by atoms with Gasteiger partial charge < -0.3 is 10.2 Å². The molecule has 1 aromatic rings. The fourth-order valence-corrected chi connectivity index (χ4v) is 3.11. The first-order valence-electron chi connectivity index (χ1n) is 7.79. The summed E-state index contributed by atoms with van der Waals surface area (Å²) in [6.45, 7) is 6.74. The summed E-state index contributed by atoms with van der Waals surface area (Å²) < 4.78 is 0. The molecule has 0 radical (unpaired) electrons. The summed E-state index contributed by atoms with van der Waals surface area (Å²) in [5, 5.41) is 4.59.